The van der Waals surface area contributed by atoms with Crippen molar-refractivity contribution in [1.29, 1.82) is 0 Å². The van der Waals surface area contributed by atoms with Gasteiger partial charge in [0.1, 0.15) is 5.75 Å². The van der Waals surface area contributed by atoms with Crippen LogP contribution in [-0.4, -0.2) is 37.4 Å². The zero-order valence-corrected chi connectivity index (χ0v) is 18.5. The molecule has 2 atom stereocenters. The van der Waals surface area contributed by atoms with Gasteiger partial charge in [0, 0.05) is 25.7 Å². The molecule has 9 heteroatoms. The second-order valence-corrected chi connectivity index (χ2v) is 9.97. The van der Waals surface area contributed by atoms with E-state index in [0.717, 1.165) is 48.4 Å². The first kappa shape index (κ1) is 21.2. The number of hydrogen-bond donors (Lipinski definition) is 2. The minimum Gasteiger partial charge on any atom is -0.431 e. The zero-order valence-electron chi connectivity index (χ0n) is 16.8. The standard InChI is InChI=1S/C21H26N4O3S2/c1-2-16-14-25(12-11-18(16)24-30(22,26)27)13-15-7-9-17(10-8-15)28-21-23-19-5-3-4-6-20(19)29-21/h3-10,16,18,24H,2,11-14H2,1H3,(H2,22,26,27). The Kier molecular flexibility index (Phi) is 6.35. The molecule has 3 aromatic rings. The minimum absolute atomic E-state index is 0.0918. The summed E-state index contributed by atoms with van der Waals surface area (Å²) in [7, 11) is -3.67. The van der Waals surface area contributed by atoms with Crippen molar-refractivity contribution >= 4 is 31.8 Å². The summed E-state index contributed by atoms with van der Waals surface area (Å²) in [4.78, 5) is 6.86. The van der Waals surface area contributed by atoms with E-state index in [9.17, 15) is 8.42 Å². The number of aromatic nitrogens is 1. The van der Waals surface area contributed by atoms with Gasteiger partial charge in [-0.3, -0.25) is 4.90 Å². The van der Waals surface area contributed by atoms with Crippen LogP contribution >= 0.6 is 11.3 Å². The molecular formula is C21H26N4O3S2. The van der Waals surface area contributed by atoms with Crippen LogP contribution in [0.5, 0.6) is 10.9 Å². The van der Waals surface area contributed by atoms with Gasteiger partial charge in [0.15, 0.2) is 0 Å². The molecule has 0 saturated carbocycles. The summed E-state index contributed by atoms with van der Waals surface area (Å²) in [6.45, 7) is 4.57. The van der Waals surface area contributed by atoms with Crippen LogP contribution < -0.4 is 14.6 Å². The fraction of sp³-hybridized carbons (Fsp3) is 0.381. The van der Waals surface area contributed by atoms with Gasteiger partial charge in [-0.1, -0.05) is 48.9 Å². The Bertz CT molecular complexity index is 1070. The molecule has 0 aliphatic carbocycles. The van der Waals surface area contributed by atoms with E-state index in [1.165, 1.54) is 16.9 Å². The molecule has 0 spiro atoms. The maximum Gasteiger partial charge on any atom is 0.279 e. The molecule has 0 amide bonds. The molecule has 2 unspecified atom stereocenters. The lowest BCUT2D eigenvalue weighted by atomic mass is 9.90. The normalized spacial score (nSPS) is 20.5. The average molecular weight is 447 g/mol. The number of benzene rings is 2. The van der Waals surface area contributed by atoms with Gasteiger partial charge in [-0.05, 0) is 42.2 Å². The monoisotopic (exact) mass is 446 g/mol. The molecule has 3 N–H and O–H groups in total. The molecule has 30 heavy (non-hydrogen) atoms. The van der Waals surface area contributed by atoms with E-state index in [2.05, 4.69) is 33.7 Å². The topological polar surface area (TPSA) is 97.5 Å². The second-order valence-electron chi connectivity index (χ2n) is 7.65. The number of para-hydroxylation sites is 1. The third kappa shape index (κ3) is 5.35. The number of piperidine rings is 1. The van der Waals surface area contributed by atoms with Crippen LogP contribution in [0.1, 0.15) is 25.3 Å². The molecule has 0 radical (unpaired) electrons. The number of ether oxygens (including phenoxy) is 1. The fourth-order valence-electron chi connectivity index (χ4n) is 3.95. The Hall–Kier alpha value is -2.04. The summed E-state index contributed by atoms with van der Waals surface area (Å²) in [6.07, 6.45) is 1.66. The molecule has 1 aliphatic heterocycles. The van der Waals surface area contributed by atoms with E-state index < -0.39 is 10.2 Å². The van der Waals surface area contributed by atoms with Crippen molar-refractivity contribution in [2.45, 2.75) is 32.4 Å². The van der Waals surface area contributed by atoms with Crippen molar-refractivity contribution in [3.8, 4) is 10.9 Å². The lowest BCUT2D eigenvalue weighted by Gasteiger charge is -2.38. The van der Waals surface area contributed by atoms with Crippen LogP contribution in [0.3, 0.4) is 0 Å². The van der Waals surface area contributed by atoms with Crippen molar-refractivity contribution in [3.05, 3.63) is 54.1 Å². The Morgan fingerprint density at radius 2 is 2.00 bits per heavy atom. The van der Waals surface area contributed by atoms with Gasteiger partial charge in [0.05, 0.1) is 10.2 Å². The highest BCUT2D eigenvalue weighted by Crippen LogP contribution is 2.31. The van der Waals surface area contributed by atoms with Gasteiger partial charge >= 0.3 is 0 Å². The predicted octanol–water partition coefficient (Wildman–Crippen LogP) is 3.48. The van der Waals surface area contributed by atoms with Crippen LogP contribution in [0.25, 0.3) is 10.2 Å². The Balaban J connectivity index is 1.35. The van der Waals surface area contributed by atoms with Crippen molar-refractivity contribution in [3.63, 3.8) is 0 Å². The first-order chi connectivity index (χ1) is 14.4. The highest BCUT2D eigenvalue weighted by Gasteiger charge is 2.30. The number of nitrogens with one attached hydrogen (secondary N) is 1. The summed E-state index contributed by atoms with van der Waals surface area (Å²) in [5.41, 5.74) is 2.14. The quantitative estimate of drug-likeness (QED) is 0.579. The molecule has 1 aliphatic rings. The third-order valence-corrected chi connectivity index (χ3v) is 7.01. The zero-order chi connectivity index (χ0) is 21.1. The number of nitrogens with two attached hydrogens (primary N) is 1. The van der Waals surface area contributed by atoms with Gasteiger partial charge < -0.3 is 4.74 Å². The van der Waals surface area contributed by atoms with Gasteiger partial charge in [-0.2, -0.15) is 13.1 Å². The number of nitrogens with zero attached hydrogens (tertiary/aromatic N) is 2. The molecule has 1 saturated heterocycles. The highest BCUT2D eigenvalue weighted by molar-refractivity contribution is 7.87. The lowest BCUT2D eigenvalue weighted by molar-refractivity contribution is 0.139. The maximum absolute atomic E-state index is 11.4. The largest absolute Gasteiger partial charge is 0.431 e. The third-order valence-electron chi connectivity index (χ3n) is 5.47. The summed E-state index contributed by atoms with van der Waals surface area (Å²) in [6, 6.07) is 16.0. The molecule has 160 valence electrons. The van der Waals surface area contributed by atoms with E-state index in [1.54, 1.807) is 0 Å². The van der Waals surface area contributed by atoms with Crippen LogP contribution in [-0.2, 0) is 16.8 Å². The van der Waals surface area contributed by atoms with Gasteiger partial charge in [-0.15, -0.1) is 0 Å². The number of hydrogen-bond acceptors (Lipinski definition) is 6. The van der Waals surface area contributed by atoms with Crippen molar-refractivity contribution in [2.24, 2.45) is 11.1 Å². The van der Waals surface area contributed by atoms with E-state index >= 15 is 0 Å². The summed E-state index contributed by atoms with van der Waals surface area (Å²) in [5, 5.41) is 5.80. The van der Waals surface area contributed by atoms with Crippen LogP contribution in [0.15, 0.2) is 48.5 Å². The van der Waals surface area contributed by atoms with Crippen LogP contribution in [0.4, 0.5) is 0 Å². The Morgan fingerprint density at radius 3 is 2.70 bits per heavy atom. The SMILES string of the molecule is CCC1CN(Cc2ccc(Oc3nc4ccccc4s3)cc2)CCC1NS(N)(=O)=O. The predicted molar refractivity (Wildman–Crippen MR) is 120 cm³/mol. The Morgan fingerprint density at radius 1 is 1.23 bits per heavy atom. The molecule has 0 bridgehead atoms. The molecule has 1 fully saturated rings. The average Bonchev–Trinajstić information content (AvgIpc) is 3.12. The molecule has 2 heterocycles. The molecule has 1 aromatic heterocycles. The highest BCUT2D eigenvalue weighted by atomic mass is 32.2. The van der Waals surface area contributed by atoms with Gasteiger partial charge in [0.2, 0.25) is 0 Å². The molecule has 7 nitrogen and oxygen atoms in total. The van der Waals surface area contributed by atoms with Crippen molar-refractivity contribution < 1.29 is 13.2 Å². The van der Waals surface area contributed by atoms with Crippen LogP contribution in [0.2, 0.25) is 0 Å². The molecule has 4 rings (SSSR count). The Labute approximate surface area is 181 Å². The molecular weight excluding hydrogens is 420 g/mol. The van der Waals surface area contributed by atoms with Crippen molar-refractivity contribution in [1.82, 2.24) is 14.6 Å². The van der Waals surface area contributed by atoms with Crippen LogP contribution in [0, 0.1) is 5.92 Å². The summed E-state index contributed by atoms with van der Waals surface area (Å²) >= 11 is 1.53. The second kappa shape index (κ2) is 8.99. The smallest absolute Gasteiger partial charge is 0.279 e. The van der Waals surface area contributed by atoms with Gasteiger partial charge in [-0.25, -0.2) is 10.1 Å². The number of fused-ring (bicyclic) bond motifs is 1. The summed E-state index contributed by atoms with van der Waals surface area (Å²) in [5.74, 6) is 1.01. The van der Waals surface area contributed by atoms with E-state index in [4.69, 9.17) is 9.88 Å². The van der Waals surface area contributed by atoms with E-state index in [-0.39, 0.29) is 12.0 Å². The number of thiazole rings is 1. The minimum atomic E-state index is -3.67. The summed E-state index contributed by atoms with van der Waals surface area (Å²) < 4.78 is 32.4. The van der Waals surface area contributed by atoms with Gasteiger partial charge in [0.25, 0.3) is 15.4 Å². The molecule has 2 aromatic carbocycles. The van der Waals surface area contributed by atoms with E-state index in [1.807, 2.05) is 36.4 Å². The lowest BCUT2D eigenvalue weighted by Crippen LogP contribution is -2.51. The first-order valence-corrected chi connectivity index (χ1v) is 12.4. The number of rotatable bonds is 7. The maximum atomic E-state index is 11.4. The fourth-order valence-corrected chi connectivity index (χ4v) is 5.51. The van der Waals surface area contributed by atoms with E-state index in [0.29, 0.717) is 5.19 Å². The first-order valence-electron chi connectivity index (χ1n) is 10.0. The van der Waals surface area contributed by atoms with Crippen molar-refractivity contribution in [2.75, 3.05) is 13.1 Å². The number of likely N-dealkylation sites (tertiary alicyclic amines) is 1.